The highest BCUT2D eigenvalue weighted by atomic mass is 16.6. The monoisotopic (exact) mass is 587 g/mol. The van der Waals surface area contributed by atoms with E-state index in [1.807, 2.05) is 68.4 Å². The maximum atomic E-state index is 14.6. The van der Waals surface area contributed by atoms with Crippen LogP contribution in [0, 0.1) is 0 Å². The summed E-state index contributed by atoms with van der Waals surface area (Å²) in [7, 11) is 1.58. The molecule has 3 unspecified atom stereocenters. The number of carbonyl (C=O) groups is 3. The SMILES string of the molecule is CCc1ccc(C(C(=O)Nc2ccc(OC)cc2)N(C(=O)C(Cc2ccccc2)NC(=O)OC(C)(C)C)C(C)CC)cc1. The Bertz CT molecular complexity index is 1330. The molecular weight excluding hydrogens is 542 g/mol. The Labute approximate surface area is 255 Å². The van der Waals surface area contributed by atoms with Gasteiger partial charge in [-0.3, -0.25) is 9.59 Å². The van der Waals surface area contributed by atoms with Crippen molar-refractivity contribution in [2.24, 2.45) is 0 Å². The third-order valence-electron chi connectivity index (χ3n) is 7.18. The largest absolute Gasteiger partial charge is 0.497 e. The number of anilines is 1. The Morgan fingerprint density at radius 3 is 2.02 bits per heavy atom. The molecule has 3 aromatic carbocycles. The number of ether oxygens (including phenoxy) is 2. The van der Waals surface area contributed by atoms with Crippen molar-refractivity contribution in [3.63, 3.8) is 0 Å². The van der Waals surface area contributed by atoms with E-state index in [1.165, 1.54) is 0 Å². The van der Waals surface area contributed by atoms with Crippen molar-refractivity contribution in [2.45, 2.75) is 84.5 Å². The van der Waals surface area contributed by atoms with Crippen LogP contribution in [0.1, 0.15) is 70.7 Å². The van der Waals surface area contributed by atoms with Gasteiger partial charge in [0, 0.05) is 18.2 Å². The summed E-state index contributed by atoms with van der Waals surface area (Å²) in [5.74, 6) is -0.0737. The lowest BCUT2D eigenvalue weighted by Crippen LogP contribution is -2.55. The zero-order valence-electron chi connectivity index (χ0n) is 26.3. The van der Waals surface area contributed by atoms with Gasteiger partial charge in [0.05, 0.1) is 7.11 Å². The molecule has 3 rings (SSSR count). The number of rotatable bonds is 12. The molecule has 230 valence electrons. The van der Waals surface area contributed by atoms with Crippen molar-refractivity contribution in [3.05, 3.63) is 95.6 Å². The minimum absolute atomic E-state index is 0.230. The van der Waals surface area contributed by atoms with Crippen LogP contribution in [0.15, 0.2) is 78.9 Å². The average molecular weight is 588 g/mol. The van der Waals surface area contributed by atoms with Gasteiger partial charge in [-0.2, -0.15) is 0 Å². The summed E-state index contributed by atoms with van der Waals surface area (Å²) in [4.78, 5) is 43.3. The third kappa shape index (κ3) is 9.60. The van der Waals surface area contributed by atoms with Gasteiger partial charge in [-0.1, -0.05) is 68.4 Å². The van der Waals surface area contributed by atoms with Crippen molar-refractivity contribution in [1.82, 2.24) is 10.2 Å². The number of nitrogens with zero attached hydrogens (tertiary/aromatic N) is 1. The van der Waals surface area contributed by atoms with Crippen molar-refractivity contribution >= 4 is 23.6 Å². The molecule has 0 radical (unpaired) electrons. The molecule has 0 fully saturated rings. The van der Waals surface area contributed by atoms with Gasteiger partial charge in [-0.25, -0.2) is 4.79 Å². The van der Waals surface area contributed by atoms with Crippen LogP contribution in [0.5, 0.6) is 5.75 Å². The first-order valence-corrected chi connectivity index (χ1v) is 14.8. The van der Waals surface area contributed by atoms with Crippen LogP contribution >= 0.6 is 0 Å². The average Bonchev–Trinajstić information content (AvgIpc) is 2.98. The van der Waals surface area contributed by atoms with E-state index >= 15 is 0 Å². The van der Waals surface area contributed by atoms with E-state index in [-0.39, 0.29) is 24.3 Å². The third-order valence-corrected chi connectivity index (χ3v) is 7.18. The van der Waals surface area contributed by atoms with E-state index < -0.39 is 23.8 Å². The minimum atomic E-state index is -0.975. The number of hydrogen-bond acceptors (Lipinski definition) is 5. The van der Waals surface area contributed by atoms with Crippen LogP contribution in [-0.2, 0) is 27.2 Å². The molecule has 0 heterocycles. The number of aryl methyl sites for hydroxylation is 1. The van der Waals surface area contributed by atoms with Gasteiger partial charge in [0.25, 0.3) is 5.91 Å². The van der Waals surface area contributed by atoms with Gasteiger partial charge < -0.3 is 25.0 Å². The fourth-order valence-corrected chi connectivity index (χ4v) is 4.73. The number of hydrogen-bond donors (Lipinski definition) is 2. The van der Waals surface area contributed by atoms with Crippen molar-refractivity contribution < 1.29 is 23.9 Å². The molecule has 0 aromatic heterocycles. The second-order valence-corrected chi connectivity index (χ2v) is 11.6. The Kier molecular flexibility index (Phi) is 11.8. The van der Waals surface area contributed by atoms with Crippen LogP contribution in [0.25, 0.3) is 0 Å². The fourth-order valence-electron chi connectivity index (χ4n) is 4.73. The molecule has 0 aliphatic carbocycles. The van der Waals surface area contributed by atoms with Crippen LogP contribution in [0.2, 0.25) is 0 Å². The second-order valence-electron chi connectivity index (χ2n) is 11.6. The zero-order chi connectivity index (χ0) is 31.6. The van der Waals surface area contributed by atoms with Crippen molar-refractivity contribution in [3.8, 4) is 5.75 Å². The van der Waals surface area contributed by atoms with E-state index in [2.05, 4.69) is 17.6 Å². The second kappa shape index (κ2) is 15.2. The molecule has 3 amide bonds. The smallest absolute Gasteiger partial charge is 0.408 e. The maximum Gasteiger partial charge on any atom is 0.408 e. The van der Waals surface area contributed by atoms with E-state index in [1.54, 1.807) is 57.0 Å². The number of carbonyl (C=O) groups excluding carboxylic acids is 3. The molecule has 0 aliphatic heterocycles. The van der Waals surface area contributed by atoms with Gasteiger partial charge in [0.1, 0.15) is 23.4 Å². The molecule has 0 saturated heterocycles. The number of benzene rings is 3. The molecule has 43 heavy (non-hydrogen) atoms. The molecular formula is C35H45N3O5. The molecule has 3 aromatic rings. The van der Waals surface area contributed by atoms with Crippen molar-refractivity contribution in [1.29, 1.82) is 0 Å². The summed E-state index contributed by atoms with van der Waals surface area (Å²) in [5.41, 5.74) is 2.49. The van der Waals surface area contributed by atoms with Crippen LogP contribution in [0.3, 0.4) is 0 Å². The predicted octanol–water partition coefficient (Wildman–Crippen LogP) is 6.70. The maximum absolute atomic E-state index is 14.6. The summed E-state index contributed by atoms with van der Waals surface area (Å²) in [6.45, 7) is 11.3. The van der Waals surface area contributed by atoms with Gasteiger partial charge >= 0.3 is 6.09 Å². The summed E-state index contributed by atoms with van der Waals surface area (Å²) in [6, 6.07) is 22.0. The van der Waals surface area contributed by atoms with Crippen LogP contribution < -0.4 is 15.4 Å². The van der Waals surface area contributed by atoms with E-state index in [9.17, 15) is 14.4 Å². The molecule has 3 atom stereocenters. The molecule has 0 bridgehead atoms. The van der Waals surface area contributed by atoms with Crippen LogP contribution in [0.4, 0.5) is 10.5 Å². The molecule has 8 heteroatoms. The Morgan fingerprint density at radius 1 is 0.860 bits per heavy atom. The summed E-state index contributed by atoms with van der Waals surface area (Å²) in [5, 5.41) is 5.80. The zero-order valence-corrected chi connectivity index (χ0v) is 26.3. The summed E-state index contributed by atoms with van der Waals surface area (Å²) in [6.07, 6.45) is 0.969. The highest BCUT2D eigenvalue weighted by molar-refractivity contribution is 5.99. The van der Waals surface area contributed by atoms with E-state index in [0.717, 1.165) is 17.5 Å². The lowest BCUT2D eigenvalue weighted by Gasteiger charge is -2.38. The first-order chi connectivity index (χ1) is 20.4. The van der Waals surface area contributed by atoms with Gasteiger partial charge in [0.15, 0.2) is 0 Å². The van der Waals surface area contributed by atoms with E-state index in [4.69, 9.17) is 9.47 Å². The molecule has 0 spiro atoms. The Hall–Kier alpha value is -4.33. The van der Waals surface area contributed by atoms with Gasteiger partial charge in [-0.05, 0) is 81.5 Å². The number of methoxy groups -OCH3 is 1. The lowest BCUT2D eigenvalue weighted by molar-refractivity contribution is -0.143. The quantitative estimate of drug-likeness (QED) is 0.246. The topological polar surface area (TPSA) is 97.0 Å². The van der Waals surface area contributed by atoms with Gasteiger partial charge in [-0.15, -0.1) is 0 Å². The van der Waals surface area contributed by atoms with Crippen LogP contribution in [-0.4, -0.2) is 47.6 Å². The molecule has 0 aliphatic rings. The van der Waals surface area contributed by atoms with Crippen molar-refractivity contribution in [2.75, 3.05) is 12.4 Å². The summed E-state index contributed by atoms with van der Waals surface area (Å²) < 4.78 is 10.8. The van der Waals surface area contributed by atoms with E-state index in [0.29, 0.717) is 23.4 Å². The Morgan fingerprint density at radius 2 is 1.49 bits per heavy atom. The number of amides is 3. The Balaban J connectivity index is 2.07. The normalized spacial score (nSPS) is 13.3. The molecule has 8 nitrogen and oxygen atoms in total. The predicted molar refractivity (Wildman–Crippen MR) is 170 cm³/mol. The first-order valence-electron chi connectivity index (χ1n) is 14.8. The highest BCUT2D eigenvalue weighted by Gasteiger charge is 2.38. The molecule has 2 N–H and O–H groups in total. The fraction of sp³-hybridized carbons (Fsp3) is 0.400. The minimum Gasteiger partial charge on any atom is -0.497 e. The number of nitrogens with one attached hydrogen (secondary N) is 2. The molecule has 0 saturated carbocycles. The highest BCUT2D eigenvalue weighted by Crippen LogP contribution is 2.29. The first kappa shape index (κ1) is 33.2. The number of alkyl carbamates (subject to hydrolysis) is 1. The lowest BCUT2D eigenvalue weighted by atomic mass is 9.97. The summed E-state index contributed by atoms with van der Waals surface area (Å²) >= 11 is 0. The standard InChI is InChI=1S/C35H45N3O5/c1-8-24(3)38(33(40)30(23-26-13-11-10-12-14-26)37-34(41)43-35(4,5)6)31(27-17-15-25(9-2)16-18-27)32(39)36-28-19-21-29(42-7)22-20-28/h10-22,24,30-31H,8-9,23H2,1-7H3,(H,36,39)(H,37,41). The van der Waals surface area contributed by atoms with Gasteiger partial charge in [0.2, 0.25) is 5.91 Å².